The zero-order valence-electron chi connectivity index (χ0n) is 15.1. The van der Waals surface area contributed by atoms with Crippen LogP contribution in [0.25, 0.3) is 11.4 Å². The quantitative estimate of drug-likeness (QED) is 0.269. The summed E-state index contributed by atoms with van der Waals surface area (Å²) in [4.78, 5) is 0. The minimum atomic E-state index is 0.705. The molecule has 0 N–H and O–H groups in total. The van der Waals surface area contributed by atoms with Gasteiger partial charge >= 0.3 is 0 Å². The van der Waals surface area contributed by atoms with E-state index in [0.29, 0.717) is 10.0 Å². The summed E-state index contributed by atoms with van der Waals surface area (Å²) in [5.41, 5.74) is 3.97. The smallest absolute Gasteiger partial charge is 0.0805 e. The minimum Gasteiger partial charge on any atom is -0.240 e. The molecule has 8 heteroatoms. The van der Waals surface area contributed by atoms with E-state index in [1.165, 1.54) is 0 Å². The van der Waals surface area contributed by atoms with Crippen molar-refractivity contribution in [3.63, 3.8) is 0 Å². The van der Waals surface area contributed by atoms with Gasteiger partial charge in [0.25, 0.3) is 0 Å². The fourth-order valence-electron chi connectivity index (χ4n) is 2.48. The van der Waals surface area contributed by atoms with E-state index in [1.54, 1.807) is 10.9 Å². The molecule has 0 aliphatic heterocycles. The first kappa shape index (κ1) is 21.1. The van der Waals surface area contributed by atoms with Crippen LogP contribution in [0.1, 0.15) is 11.4 Å². The second-order valence-corrected chi connectivity index (χ2v) is 8.56. The monoisotopic (exact) mass is 540 g/mol. The second-order valence-electron chi connectivity index (χ2n) is 5.98. The summed E-state index contributed by atoms with van der Waals surface area (Å²) in [6.45, 7) is 3.95. The maximum atomic E-state index is 5.92. The van der Waals surface area contributed by atoms with Gasteiger partial charge in [-0.05, 0) is 94.2 Å². The number of rotatable bonds is 2. The average molecular weight is 543 g/mol. The molecule has 4 aromatic rings. The molecule has 4 nitrogen and oxygen atoms in total. The molecule has 0 atom stereocenters. The second kappa shape index (κ2) is 9.27. The summed E-state index contributed by atoms with van der Waals surface area (Å²) in [6, 6.07) is 15.2. The summed E-state index contributed by atoms with van der Waals surface area (Å²) < 4.78 is 5.60. The minimum absolute atomic E-state index is 0.705. The lowest BCUT2D eigenvalue weighted by Crippen LogP contribution is -1.99. The third kappa shape index (κ3) is 5.06. The molecule has 28 heavy (non-hydrogen) atoms. The Bertz CT molecular complexity index is 1110. The van der Waals surface area contributed by atoms with Crippen molar-refractivity contribution >= 4 is 55.1 Å². The molecule has 0 saturated carbocycles. The van der Waals surface area contributed by atoms with Gasteiger partial charge in [0.15, 0.2) is 0 Å². The summed E-state index contributed by atoms with van der Waals surface area (Å²) in [5.74, 6) is 0. The van der Waals surface area contributed by atoms with Gasteiger partial charge < -0.3 is 0 Å². The Morgan fingerprint density at radius 1 is 0.821 bits per heavy atom. The lowest BCUT2D eigenvalue weighted by molar-refractivity contribution is 0.843. The zero-order chi connectivity index (χ0) is 20.3. The van der Waals surface area contributed by atoms with E-state index < -0.39 is 0 Å². The Labute approximate surface area is 190 Å². The van der Waals surface area contributed by atoms with Crippen LogP contribution in [-0.2, 0) is 0 Å². The van der Waals surface area contributed by atoms with Gasteiger partial charge in [-0.15, -0.1) is 0 Å². The predicted molar refractivity (Wildman–Crippen MR) is 122 cm³/mol. The van der Waals surface area contributed by atoms with Gasteiger partial charge in [-0.2, -0.15) is 10.2 Å². The highest BCUT2D eigenvalue weighted by Crippen LogP contribution is 2.25. The van der Waals surface area contributed by atoms with Crippen molar-refractivity contribution in [2.75, 3.05) is 0 Å². The fraction of sp³-hybridized carbons (Fsp3) is 0.100. The molecule has 0 spiro atoms. The summed E-state index contributed by atoms with van der Waals surface area (Å²) in [7, 11) is 0. The van der Waals surface area contributed by atoms with Crippen LogP contribution in [0.3, 0.4) is 0 Å². The first-order chi connectivity index (χ1) is 13.3. The van der Waals surface area contributed by atoms with E-state index in [0.717, 1.165) is 31.7 Å². The molecule has 0 saturated heterocycles. The summed E-state index contributed by atoms with van der Waals surface area (Å²) in [5, 5.41) is 9.94. The Hall–Kier alpha value is -1.60. The van der Waals surface area contributed by atoms with Gasteiger partial charge in [0.1, 0.15) is 0 Å². The average Bonchev–Trinajstić information content (AvgIpc) is 3.28. The molecule has 0 radical (unpaired) electrons. The molecular formula is C20H16Br2Cl2N4. The molecule has 0 amide bonds. The van der Waals surface area contributed by atoms with Crippen LogP contribution in [0.5, 0.6) is 0 Å². The molecular weight excluding hydrogens is 527 g/mol. The van der Waals surface area contributed by atoms with Crippen molar-refractivity contribution in [3.05, 3.63) is 91.3 Å². The largest absolute Gasteiger partial charge is 0.240 e. The highest BCUT2D eigenvalue weighted by molar-refractivity contribution is 9.11. The van der Waals surface area contributed by atoms with Crippen molar-refractivity contribution in [2.45, 2.75) is 13.8 Å². The van der Waals surface area contributed by atoms with Crippen molar-refractivity contribution in [3.8, 4) is 11.4 Å². The summed E-state index contributed by atoms with van der Waals surface area (Å²) in [6.07, 6.45) is 3.68. The van der Waals surface area contributed by atoms with Crippen molar-refractivity contribution in [2.24, 2.45) is 0 Å². The van der Waals surface area contributed by atoms with E-state index in [2.05, 4.69) is 42.1 Å². The molecule has 0 bridgehead atoms. The van der Waals surface area contributed by atoms with Crippen molar-refractivity contribution in [1.29, 1.82) is 0 Å². The predicted octanol–water partition coefficient (Wildman–Crippen LogP) is 7.19. The topological polar surface area (TPSA) is 35.6 Å². The van der Waals surface area contributed by atoms with E-state index in [-0.39, 0.29) is 0 Å². The Kier molecular flexibility index (Phi) is 6.99. The third-order valence-electron chi connectivity index (χ3n) is 3.85. The van der Waals surface area contributed by atoms with Crippen LogP contribution in [0, 0.1) is 13.8 Å². The van der Waals surface area contributed by atoms with E-state index in [9.17, 15) is 0 Å². The SMILES string of the molecule is Cc1ccn(-c2cc(Cl)ccc2Br)n1.Cc1ccnn1-c1cc(Cl)ccc1Br. The molecule has 144 valence electrons. The van der Waals surface area contributed by atoms with Crippen molar-refractivity contribution in [1.82, 2.24) is 19.6 Å². The van der Waals surface area contributed by atoms with Crippen LogP contribution < -0.4 is 0 Å². The van der Waals surface area contributed by atoms with Gasteiger partial charge in [0.05, 0.1) is 17.1 Å². The molecule has 2 heterocycles. The fourth-order valence-corrected chi connectivity index (χ4v) is 3.66. The zero-order valence-corrected chi connectivity index (χ0v) is 19.8. The highest BCUT2D eigenvalue weighted by atomic mass is 79.9. The van der Waals surface area contributed by atoms with Crippen LogP contribution in [0.4, 0.5) is 0 Å². The summed E-state index contributed by atoms with van der Waals surface area (Å²) >= 11 is 18.8. The molecule has 2 aromatic heterocycles. The number of benzene rings is 2. The molecule has 0 fully saturated rings. The first-order valence-corrected chi connectivity index (χ1v) is 10.6. The number of aryl methyl sites for hydroxylation is 2. The van der Waals surface area contributed by atoms with Crippen molar-refractivity contribution < 1.29 is 0 Å². The molecule has 2 aromatic carbocycles. The van der Waals surface area contributed by atoms with Crippen LogP contribution in [0.2, 0.25) is 10.0 Å². The van der Waals surface area contributed by atoms with Gasteiger partial charge in [0.2, 0.25) is 0 Å². The number of halogens is 4. The third-order valence-corrected chi connectivity index (χ3v) is 5.66. The van der Waals surface area contributed by atoms with Gasteiger partial charge in [-0.25, -0.2) is 9.36 Å². The molecule has 0 unspecified atom stereocenters. The van der Waals surface area contributed by atoms with Crippen LogP contribution in [-0.4, -0.2) is 19.6 Å². The molecule has 0 aliphatic carbocycles. The van der Waals surface area contributed by atoms with Gasteiger partial charge in [-0.1, -0.05) is 23.2 Å². The van der Waals surface area contributed by atoms with E-state index in [4.69, 9.17) is 23.2 Å². The lowest BCUT2D eigenvalue weighted by atomic mass is 10.3. The Morgan fingerprint density at radius 3 is 1.96 bits per heavy atom. The number of aromatic nitrogens is 4. The first-order valence-electron chi connectivity index (χ1n) is 8.29. The van der Waals surface area contributed by atoms with Crippen LogP contribution in [0.15, 0.2) is 69.9 Å². The standard InChI is InChI=1S/2C10H8BrClN2/c1-7-4-5-14(13-7)10-6-8(12)2-3-9(10)11;1-7-4-5-13-14(7)10-6-8(12)2-3-9(10)11/h2*2-6H,1H3. The highest BCUT2D eigenvalue weighted by Gasteiger charge is 2.06. The van der Waals surface area contributed by atoms with E-state index in [1.807, 2.05) is 73.3 Å². The Morgan fingerprint density at radius 2 is 1.43 bits per heavy atom. The van der Waals surface area contributed by atoms with Gasteiger partial charge in [-0.3, -0.25) is 0 Å². The number of hydrogen-bond acceptors (Lipinski definition) is 2. The molecule has 0 aliphatic rings. The Balaban J connectivity index is 0.000000161. The van der Waals surface area contributed by atoms with E-state index >= 15 is 0 Å². The maximum absolute atomic E-state index is 5.92. The van der Waals surface area contributed by atoms with Crippen LogP contribution >= 0.6 is 55.1 Å². The normalized spacial score (nSPS) is 10.5. The maximum Gasteiger partial charge on any atom is 0.0805 e. The lowest BCUT2D eigenvalue weighted by Gasteiger charge is -2.06. The number of nitrogens with zero attached hydrogens (tertiary/aromatic N) is 4. The number of hydrogen-bond donors (Lipinski definition) is 0. The van der Waals surface area contributed by atoms with Gasteiger partial charge in [0, 0.05) is 37.1 Å². The molecule has 4 rings (SSSR count).